The predicted octanol–water partition coefficient (Wildman–Crippen LogP) is 3.52. The molecule has 1 aromatic carbocycles. The largest absolute Gasteiger partial charge is 0.497 e. The summed E-state index contributed by atoms with van der Waals surface area (Å²) in [4.78, 5) is 22.9. The smallest absolute Gasteiger partial charge is 0.252 e. The van der Waals surface area contributed by atoms with Gasteiger partial charge in [-0.1, -0.05) is 17.4 Å². The van der Waals surface area contributed by atoms with Crippen LogP contribution in [0.2, 0.25) is 0 Å². The number of hydrogen-bond donors (Lipinski definition) is 0. The van der Waals surface area contributed by atoms with Crippen LogP contribution < -0.4 is 9.64 Å². The Hall–Kier alpha value is -2.09. The number of hydrogen-bond acceptors (Lipinski definition) is 9. The van der Waals surface area contributed by atoms with E-state index in [1.807, 2.05) is 18.2 Å². The lowest BCUT2D eigenvalue weighted by Gasteiger charge is -2.34. The van der Waals surface area contributed by atoms with Crippen molar-refractivity contribution < 1.29 is 22.7 Å². The number of methoxy groups -OCH3 is 1. The molecule has 9 nitrogen and oxygen atoms in total. The van der Waals surface area contributed by atoms with E-state index in [0.717, 1.165) is 55.2 Å². The fourth-order valence-corrected chi connectivity index (χ4v) is 8.48. The monoisotopic (exact) mass is 564 g/mol. The summed E-state index contributed by atoms with van der Waals surface area (Å²) in [6.07, 6.45) is 2.11. The number of amides is 1. The summed E-state index contributed by atoms with van der Waals surface area (Å²) in [7, 11) is -1.98. The first-order valence-electron chi connectivity index (χ1n) is 12.6. The van der Waals surface area contributed by atoms with Crippen molar-refractivity contribution in [3.05, 3.63) is 35.7 Å². The third-order valence-electron chi connectivity index (χ3n) is 6.86. The van der Waals surface area contributed by atoms with Gasteiger partial charge in [-0.3, -0.25) is 14.6 Å². The Balaban J connectivity index is 1.36. The minimum absolute atomic E-state index is 0.0564. The second-order valence-electron chi connectivity index (χ2n) is 9.26. The zero-order valence-corrected chi connectivity index (χ0v) is 23.3. The van der Waals surface area contributed by atoms with Crippen molar-refractivity contribution in [2.24, 2.45) is 5.92 Å². The number of morpholine rings is 1. The highest BCUT2D eigenvalue weighted by Crippen LogP contribution is 2.34. The first kappa shape index (κ1) is 26.5. The van der Waals surface area contributed by atoms with Gasteiger partial charge in [0.15, 0.2) is 5.13 Å². The number of fused-ring (bicyclic) bond motifs is 1. The van der Waals surface area contributed by atoms with Crippen molar-refractivity contribution in [3.63, 3.8) is 0 Å². The number of benzene rings is 1. The Labute approximate surface area is 225 Å². The van der Waals surface area contributed by atoms with Gasteiger partial charge in [0.1, 0.15) is 9.96 Å². The van der Waals surface area contributed by atoms with E-state index in [2.05, 4.69) is 4.90 Å². The van der Waals surface area contributed by atoms with E-state index in [-0.39, 0.29) is 12.5 Å². The highest BCUT2D eigenvalue weighted by atomic mass is 32.2. The van der Waals surface area contributed by atoms with E-state index in [1.165, 1.54) is 27.0 Å². The summed E-state index contributed by atoms with van der Waals surface area (Å²) in [6.45, 7) is 5.29. The molecule has 1 atom stereocenters. The molecule has 2 aromatic heterocycles. The molecule has 0 N–H and O–H groups in total. The maximum absolute atomic E-state index is 14.0. The molecule has 0 radical (unpaired) electrons. The van der Waals surface area contributed by atoms with Gasteiger partial charge < -0.3 is 9.47 Å². The Kier molecular flexibility index (Phi) is 8.42. The molecule has 2 aliphatic rings. The molecule has 0 spiro atoms. The third-order valence-corrected chi connectivity index (χ3v) is 11.2. The normalized spacial score (nSPS) is 19.8. The van der Waals surface area contributed by atoms with E-state index in [0.29, 0.717) is 35.3 Å². The SMILES string of the molecule is COc1ccc2sc(N(CCCN3CCOCC3)C(=O)C3CCCN(S(=O)(=O)c4cccs4)C3)nc2c1. The van der Waals surface area contributed by atoms with Crippen LogP contribution in [0, 0.1) is 5.92 Å². The van der Waals surface area contributed by atoms with Crippen LogP contribution in [0.4, 0.5) is 5.13 Å². The van der Waals surface area contributed by atoms with E-state index < -0.39 is 15.9 Å². The van der Waals surface area contributed by atoms with Gasteiger partial charge in [-0.25, -0.2) is 13.4 Å². The fraction of sp³-hybridized carbons (Fsp3) is 0.520. The Morgan fingerprint density at radius 1 is 1.24 bits per heavy atom. The van der Waals surface area contributed by atoms with E-state index in [9.17, 15) is 13.2 Å². The number of anilines is 1. The Morgan fingerprint density at radius 2 is 2.08 bits per heavy atom. The topological polar surface area (TPSA) is 92.3 Å². The predicted molar refractivity (Wildman–Crippen MR) is 146 cm³/mol. The third kappa shape index (κ3) is 5.99. The number of aromatic nitrogens is 1. The highest BCUT2D eigenvalue weighted by Gasteiger charge is 2.36. The van der Waals surface area contributed by atoms with Gasteiger partial charge in [0.2, 0.25) is 5.91 Å². The van der Waals surface area contributed by atoms with Crippen LogP contribution in [-0.4, -0.2) is 88.1 Å². The zero-order chi connectivity index (χ0) is 25.8. The highest BCUT2D eigenvalue weighted by molar-refractivity contribution is 7.91. The van der Waals surface area contributed by atoms with Gasteiger partial charge in [0.05, 0.1) is 36.5 Å². The van der Waals surface area contributed by atoms with Crippen LogP contribution in [0.15, 0.2) is 39.9 Å². The van der Waals surface area contributed by atoms with Crippen molar-refractivity contribution >= 4 is 54.0 Å². The van der Waals surface area contributed by atoms with Gasteiger partial charge >= 0.3 is 0 Å². The molecule has 200 valence electrons. The van der Waals surface area contributed by atoms with Crippen molar-refractivity contribution in [1.29, 1.82) is 0 Å². The fourth-order valence-electron chi connectivity index (χ4n) is 4.83. The average Bonchev–Trinajstić information content (AvgIpc) is 3.62. The lowest BCUT2D eigenvalue weighted by atomic mass is 9.98. The maximum Gasteiger partial charge on any atom is 0.252 e. The van der Waals surface area contributed by atoms with Crippen LogP contribution >= 0.6 is 22.7 Å². The minimum Gasteiger partial charge on any atom is -0.497 e. The minimum atomic E-state index is -3.60. The second-order valence-corrected chi connectivity index (χ2v) is 13.4. The molecule has 37 heavy (non-hydrogen) atoms. The molecule has 3 aromatic rings. The first-order valence-corrected chi connectivity index (χ1v) is 15.7. The summed E-state index contributed by atoms with van der Waals surface area (Å²) in [5.74, 6) is 0.253. The Bertz CT molecular complexity index is 1310. The van der Waals surface area contributed by atoms with Crippen molar-refractivity contribution in [2.75, 3.05) is 64.5 Å². The van der Waals surface area contributed by atoms with Gasteiger partial charge in [-0.2, -0.15) is 4.31 Å². The Morgan fingerprint density at radius 3 is 2.84 bits per heavy atom. The van der Waals surface area contributed by atoms with E-state index in [4.69, 9.17) is 14.5 Å². The molecule has 2 aliphatic heterocycles. The zero-order valence-electron chi connectivity index (χ0n) is 20.9. The molecule has 4 heterocycles. The van der Waals surface area contributed by atoms with Gasteiger partial charge in [-0.15, -0.1) is 11.3 Å². The number of nitrogens with zero attached hydrogens (tertiary/aromatic N) is 4. The molecular weight excluding hydrogens is 532 g/mol. The van der Waals surface area contributed by atoms with Gasteiger partial charge in [-0.05, 0) is 42.8 Å². The molecule has 0 bridgehead atoms. The van der Waals surface area contributed by atoms with Crippen LogP contribution in [0.3, 0.4) is 0 Å². The molecule has 12 heteroatoms. The van der Waals surface area contributed by atoms with Crippen molar-refractivity contribution in [3.8, 4) is 5.75 Å². The summed E-state index contributed by atoms with van der Waals surface area (Å²) >= 11 is 2.69. The number of ether oxygens (including phenoxy) is 2. The van der Waals surface area contributed by atoms with Gasteiger partial charge in [0, 0.05) is 45.3 Å². The van der Waals surface area contributed by atoms with Crippen molar-refractivity contribution in [1.82, 2.24) is 14.2 Å². The number of carbonyl (C=O) groups is 1. The molecule has 0 saturated carbocycles. The molecule has 1 unspecified atom stereocenters. The second kappa shape index (κ2) is 11.7. The summed E-state index contributed by atoms with van der Waals surface area (Å²) < 4.78 is 39.9. The molecule has 5 rings (SSSR count). The number of rotatable bonds is 9. The average molecular weight is 565 g/mol. The van der Waals surface area contributed by atoms with Crippen LogP contribution in [0.25, 0.3) is 10.2 Å². The number of thiazole rings is 1. The van der Waals surface area contributed by atoms with Gasteiger partial charge in [0.25, 0.3) is 10.0 Å². The van der Waals surface area contributed by atoms with Crippen molar-refractivity contribution in [2.45, 2.75) is 23.5 Å². The van der Waals surface area contributed by atoms with Crippen LogP contribution in [-0.2, 0) is 19.6 Å². The van der Waals surface area contributed by atoms with E-state index in [1.54, 1.807) is 29.5 Å². The van der Waals surface area contributed by atoms with Crippen LogP contribution in [0.1, 0.15) is 19.3 Å². The first-order chi connectivity index (χ1) is 18.0. The summed E-state index contributed by atoms with van der Waals surface area (Å²) in [5.41, 5.74) is 0.788. The summed E-state index contributed by atoms with van der Waals surface area (Å²) in [6, 6.07) is 9.09. The lowest BCUT2D eigenvalue weighted by Crippen LogP contribution is -2.47. The lowest BCUT2D eigenvalue weighted by molar-refractivity contribution is -0.123. The number of piperidine rings is 1. The molecule has 0 aliphatic carbocycles. The summed E-state index contributed by atoms with van der Waals surface area (Å²) in [5, 5.41) is 2.41. The van der Waals surface area contributed by atoms with E-state index >= 15 is 0 Å². The van der Waals surface area contributed by atoms with Crippen LogP contribution in [0.5, 0.6) is 5.75 Å². The quantitative estimate of drug-likeness (QED) is 0.393. The number of sulfonamides is 1. The molecule has 1 amide bonds. The maximum atomic E-state index is 14.0. The standard InChI is InChI=1S/C25H32N4O5S3/c1-33-20-7-8-22-21(17-20)26-25(36-22)29(11-4-9-27-12-14-34-15-13-27)24(30)19-5-2-10-28(18-19)37(31,32)23-6-3-16-35-23/h3,6-8,16-17,19H,2,4-5,9-15,18H2,1H3. The molecule has 2 fully saturated rings. The number of thiophene rings is 1. The molecular formula is C25H32N4O5S3. The molecule has 2 saturated heterocycles. The number of carbonyl (C=O) groups excluding carboxylic acids is 1.